The van der Waals surface area contributed by atoms with Crippen molar-refractivity contribution in [3.8, 4) is 5.75 Å². The van der Waals surface area contributed by atoms with E-state index in [4.69, 9.17) is 14.6 Å². The number of aromatic carboxylic acids is 1. The highest BCUT2D eigenvalue weighted by Gasteiger charge is 2.14. The predicted molar refractivity (Wildman–Crippen MR) is 69.2 cm³/mol. The van der Waals surface area contributed by atoms with Crippen LogP contribution in [0.25, 0.3) is 0 Å². The fourth-order valence-electron chi connectivity index (χ4n) is 1.30. The molecule has 4 heteroatoms. The highest BCUT2D eigenvalue weighted by molar-refractivity contribution is 5.87. The maximum absolute atomic E-state index is 10.8. The Morgan fingerprint density at radius 3 is 2.67 bits per heavy atom. The van der Waals surface area contributed by atoms with E-state index in [2.05, 4.69) is 6.92 Å². The van der Waals surface area contributed by atoms with Gasteiger partial charge in [-0.15, -0.1) is 0 Å². The molecule has 0 aliphatic carbocycles. The Kier molecular flexibility index (Phi) is 5.16. The van der Waals surface area contributed by atoms with Crippen LogP contribution < -0.4 is 4.74 Å². The van der Waals surface area contributed by atoms with Crippen LogP contribution in [0, 0.1) is 0 Å². The minimum absolute atomic E-state index is 0.147. The van der Waals surface area contributed by atoms with E-state index in [-0.39, 0.29) is 11.2 Å². The van der Waals surface area contributed by atoms with Crippen LogP contribution in [-0.4, -0.2) is 29.9 Å². The highest BCUT2D eigenvalue weighted by Crippen LogP contribution is 2.15. The van der Waals surface area contributed by atoms with Crippen molar-refractivity contribution in [1.29, 1.82) is 0 Å². The van der Waals surface area contributed by atoms with E-state index in [9.17, 15) is 4.79 Å². The summed E-state index contributed by atoms with van der Waals surface area (Å²) in [6.07, 6.45) is 0.932. The molecule has 0 spiro atoms. The van der Waals surface area contributed by atoms with Gasteiger partial charge in [-0.25, -0.2) is 4.79 Å². The van der Waals surface area contributed by atoms with Crippen LogP contribution in [0.5, 0.6) is 5.75 Å². The first-order valence-corrected chi connectivity index (χ1v) is 6.05. The topological polar surface area (TPSA) is 55.8 Å². The van der Waals surface area contributed by atoms with Gasteiger partial charge in [0.1, 0.15) is 12.4 Å². The van der Waals surface area contributed by atoms with E-state index in [1.165, 1.54) is 12.1 Å². The summed E-state index contributed by atoms with van der Waals surface area (Å²) >= 11 is 0. The molecule has 100 valence electrons. The maximum atomic E-state index is 10.8. The average Bonchev–Trinajstić information content (AvgIpc) is 2.35. The van der Waals surface area contributed by atoms with Crippen LogP contribution in [0.15, 0.2) is 24.3 Å². The molecule has 0 heterocycles. The van der Waals surface area contributed by atoms with E-state index >= 15 is 0 Å². The monoisotopic (exact) mass is 252 g/mol. The molecule has 0 atom stereocenters. The molecule has 0 radical (unpaired) electrons. The number of hydrogen-bond donors (Lipinski definition) is 1. The van der Waals surface area contributed by atoms with E-state index in [0.29, 0.717) is 19.0 Å². The third-order valence-corrected chi connectivity index (χ3v) is 2.78. The molecule has 1 rings (SSSR count). The first-order valence-electron chi connectivity index (χ1n) is 6.05. The van der Waals surface area contributed by atoms with E-state index in [1.807, 2.05) is 13.8 Å². The smallest absolute Gasteiger partial charge is 0.335 e. The van der Waals surface area contributed by atoms with Crippen LogP contribution in [0.4, 0.5) is 0 Å². The Morgan fingerprint density at radius 1 is 1.33 bits per heavy atom. The number of hydrogen-bond acceptors (Lipinski definition) is 3. The van der Waals surface area contributed by atoms with Gasteiger partial charge < -0.3 is 14.6 Å². The molecular formula is C14H20O4. The van der Waals surface area contributed by atoms with Gasteiger partial charge in [-0.05, 0) is 38.5 Å². The van der Waals surface area contributed by atoms with E-state index in [0.717, 1.165) is 6.42 Å². The molecule has 1 aromatic rings. The second-order valence-electron chi connectivity index (χ2n) is 4.64. The number of ether oxygens (including phenoxy) is 2. The zero-order valence-corrected chi connectivity index (χ0v) is 11.1. The van der Waals surface area contributed by atoms with E-state index < -0.39 is 5.97 Å². The van der Waals surface area contributed by atoms with Crippen molar-refractivity contribution < 1.29 is 19.4 Å². The summed E-state index contributed by atoms with van der Waals surface area (Å²) in [5.41, 5.74) is 0.0778. The summed E-state index contributed by atoms with van der Waals surface area (Å²) in [4.78, 5) is 10.8. The fraction of sp³-hybridized carbons (Fsp3) is 0.500. The summed E-state index contributed by atoms with van der Waals surface area (Å²) in [7, 11) is 0. The Balaban J connectivity index is 2.40. The summed E-state index contributed by atoms with van der Waals surface area (Å²) < 4.78 is 11.1. The lowest BCUT2D eigenvalue weighted by molar-refractivity contribution is -0.0317. The molecule has 4 nitrogen and oxygen atoms in total. The standard InChI is InChI=1S/C14H20O4/c1-4-14(2,3)18-9-8-17-12-7-5-6-11(10-12)13(15)16/h5-7,10H,4,8-9H2,1-3H3,(H,15,16). The zero-order valence-electron chi connectivity index (χ0n) is 11.1. The molecule has 0 fully saturated rings. The molecule has 18 heavy (non-hydrogen) atoms. The maximum Gasteiger partial charge on any atom is 0.335 e. The summed E-state index contributed by atoms with van der Waals surface area (Å²) in [6.45, 7) is 7.01. The number of carboxylic acids is 1. The van der Waals surface area contributed by atoms with Crippen molar-refractivity contribution in [2.75, 3.05) is 13.2 Å². The number of carboxylic acid groups (broad SMARTS) is 1. The van der Waals surface area contributed by atoms with Crippen molar-refractivity contribution >= 4 is 5.97 Å². The third-order valence-electron chi connectivity index (χ3n) is 2.78. The number of carbonyl (C=O) groups is 1. The zero-order chi connectivity index (χ0) is 13.6. The second-order valence-corrected chi connectivity index (χ2v) is 4.64. The number of benzene rings is 1. The van der Waals surface area contributed by atoms with Gasteiger partial charge >= 0.3 is 5.97 Å². The molecule has 0 bridgehead atoms. The Bertz CT molecular complexity index is 399. The van der Waals surface area contributed by atoms with Crippen molar-refractivity contribution in [3.63, 3.8) is 0 Å². The van der Waals surface area contributed by atoms with Gasteiger partial charge in [0.2, 0.25) is 0 Å². The second kappa shape index (κ2) is 6.40. The molecule has 0 unspecified atom stereocenters. The Hall–Kier alpha value is -1.55. The van der Waals surface area contributed by atoms with Crippen molar-refractivity contribution in [2.45, 2.75) is 32.8 Å². The molecule has 0 aromatic heterocycles. The lowest BCUT2D eigenvalue weighted by atomic mass is 10.1. The molecule has 0 amide bonds. The minimum Gasteiger partial charge on any atom is -0.491 e. The van der Waals surface area contributed by atoms with Crippen molar-refractivity contribution in [3.05, 3.63) is 29.8 Å². The molecule has 0 aliphatic heterocycles. The Morgan fingerprint density at radius 2 is 2.06 bits per heavy atom. The molecule has 0 saturated carbocycles. The average molecular weight is 252 g/mol. The SMILES string of the molecule is CCC(C)(C)OCCOc1cccc(C(=O)O)c1. The summed E-state index contributed by atoms with van der Waals surface area (Å²) in [6, 6.07) is 6.44. The fourth-order valence-corrected chi connectivity index (χ4v) is 1.30. The van der Waals surface area contributed by atoms with Gasteiger partial charge in [0.25, 0.3) is 0 Å². The predicted octanol–water partition coefficient (Wildman–Crippen LogP) is 2.97. The molecule has 1 aromatic carbocycles. The van der Waals surface area contributed by atoms with Crippen LogP contribution in [-0.2, 0) is 4.74 Å². The first-order chi connectivity index (χ1) is 8.44. The van der Waals surface area contributed by atoms with Crippen LogP contribution in [0.2, 0.25) is 0 Å². The molecular weight excluding hydrogens is 232 g/mol. The van der Waals surface area contributed by atoms with Gasteiger partial charge in [0.05, 0.1) is 17.8 Å². The molecule has 0 saturated heterocycles. The normalized spacial score (nSPS) is 11.3. The quantitative estimate of drug-likeness (QED) is 0.758. The summed E-state index contributed by atoms with van der Waals surface area (Å²) in [5, 5.41) is 8.84. The van der Waals surface area contributed by atoms with Crippen LogP contribution in [0.3, 0.4) is 0 Å². The Labute approximate surface area is 108 Å². The lowest BCUT2D eigenvalue weighted by Crippen LogP contribution is -2.25. The van der Waals surface area contributed by atoms with Crippen molar-refractivity contribution in [2.24, 2.45) is 0 Å². The minimum atomic E-state index is -0.955. The third kappa shape index (κ3) is 4.75. The van der Waals surface area contributed by atoms with Gasteiger partial charge in [0, 0.05) is 0 Å². The lowest BCUT2D eigenvalue weighted by Gasteiger charge is -2.23. The molecule has 1 N–H and O–H groups in total. The van der Waals surface area contributed by atoms with E-state index in [1.54, 1.807) is 12.1 Å². The largest absolute Gasteiger partial charge is 0.491 e. The van der Waals surface area contributed by atoms with Crippen LogP contribution >= 0.6 is 0 Å². The van der Waals surface area contributed by atoms with Crippen molar-refractivity contribution in [1.82, 2.24) is 0 Å². The number of rotatable bonds is 7. The molecule has 0 aliphatic rings. The highest BCUT2D eigenvalue weighted by atomic mass is 16.5. The van der Waals surface area contributed by atoms with Gasteiger partial charge in [-0.1, -0.05) is 13.0 Å². The van der Waals surface area contributed by atoms with Gasteiger partial charge in [-0.2, -0.15) is 0 Å². The van der Waals surface area contributed by atoms with Gasteiger partial charge in [0.15, 0.2) is 0 Å². The first kappa shape index (κ1) is 14.5. The summed E-state index contributed by atoms with van der Waals surface area (Å²) in [5.74, 6) is -0.406. The van der Waals surface area contributed by atoms with Crippen LogP contribution in [0.1, 0.15) is 37.6 Å². The van der Waals surface area contributed by atoms with Gasteiger partial charge in [-0.3, -0.25) is 0 Å².